The molecular weight excluding hydrogens is 240 g/mol. The van der Waals surface area contributed by atoms with Crippen molar-refractivity contribution in [2.45, 2.75) is 24.2 Å². The maximum Gasteiger partial charge on any atom is 0.309 e. The molecule has 17 heavy (non-hydrogen) atoms. The lowest BCUT2D eigenvalue weighted by Gasteiger charge is -2.09. The van der Waals surface area contributed by atoms with Crippen LogP contribution in [0.2, 0.25) is 0 Å². The average Bonchev–Trinajstić information content (AvgIpc) is 3.09. The van der Waals surface area contributed by atoms with Gasteiger partial charge in [-0.1, -0.05) is 18.2 Å². The third kappa shape index (κ3) is 2.49. The van der Waals surface area contributed by atoms with E-state index in [1.165, 1.54) is 12.1 Å². The molecule has 5 heteroatoms. The Labute approximate surface area is 100 Å². The first kappa shape index (κ1) is 12.1. The smallest absolute Gasteiger partial charge is 0.309 e. The van der Waals surface area contributed by atoms with Crippen LogP contribution >= 0.6 is 0 Å². The number of hydrogen-bond acceptors (Lipinski definition) is 3. The van der Waals surface area contributed by atoms with Gasteiger partial charge in [0.25, 0.3) is 0 Å². The first-order chi connectivity index (χ1) is 7.96. The lowest BCUT2D eigenvalue weighted by Crippen LogP contribution is -2.19. The zero-order valence-corrected chi connectivity index (χ0v) is 10.1. The van der Waals surface area contributed by atoms with Crippen LogP contribution in [-0.2, 0) is 14.6 Å². The van der Waals surface area contributed by atoms with E-state index in [0.717, 1.165) is 0 Å². The topological polar surface area (TPSA) is 71.4 Å². The summed E-state index contributed by atoms with van der Waals surface area (Å²) in [4.78, 5) is 11.2. The molecule has 1 saturated carbocycles. The molecule has 4 nitrogen and oxygen atoms in total. The minimum atomic E-state index is -3.35. The molecule has 0 atom stereocenters. The van der Waals surface area contributed by atoms with Gasteiger partial charge in [-0.2, -0.15) is 0 Å². The van der Waals surface area contributed by atoms with Gasteiger partial charge in [0.05, 0.1) is 16.1 Å². The number of aliphatic carboxylic acids is 1. The van der Waals surface area contributed by atoms with Crippen molar-refractivity contribution >= 4 is 15.8 Å². The van der Waals surface area contributed by atoms with Gasteiger partial charge in [0, 0.05) is 0 Å². The van der Waals surface area contributed by atoms with Gasteiger partial charge in [0.2, 0.25) is 0 Å². The molecule has 0 heterocycles. The first-order valence-corrected chi connectivity index (χ1v) is 7.13. The molecule has 1 aromatic carbocycles. The van der Waals surface area contributed by atoms with Crippen molar-refractivity contribution in [3.05, 3.63) is 30.3 Å². The Morgan fingerprint density at radius 3 is 2.29 bits per heavy atom. The second-order valence-corrected chi connectivity index (χ2v) is 6.58. The Hall–Kier alpha value is -1.36. The second kappa shape index (κ2) is 4.14. The van der Waals surface area contributed by atoms with Crippen molar-refractivity contribution in [3.8, 4) is 0 Å². The fraction of sp³-hybridized carbons (Fsp3) is 0.417. The minimum Gasteiger partial charge on any atom is -0.481 e. The van der Waals surface area contributed by atoms with Crippen molar-refractivity contribution < 1.29 is 18.3 Å². The molecule has 1 aromatic rings. The highest BCUT2D eigenvalue weighted by Gasteiger charge is 2.50. The molecule has 0 bridgehead atoms. The molecule has 1 N–H and O–H groups in total. The summed E-state index contributed by atoms with van der Waals surface area (Å²) < 4.78 is 23.9. The van der Waals surface area contributed by atoms with Gasteiger partial charge in [0.1, 0.15) is 0 Å². The van der Waals surface area contributed by atoms with Gasteiger partial charge in [-0.3, -0.25) is 4.79 Å². The molecule has 0 aliphatic heterocycles. The van der Waals surface area contributed by atoms with E-state index in [9.17, 15) is 13.2 Å². The van der Waals surface area contributed by atoms with Crippen LogP contribution < -0.4 is 0 Å². The maximum atomic E-state index is 11.9. The molecule has 0 radical (unpaired) electrons. The zero-order valence-electron chi connectivity index (χ0n) is 9.30. The van der Waals surface area contributed by atoms with Gasteiger partial charge in [-0.15, -0.1) is 0 Å². The van der Waals surface area contributed by atoms with E-state index in [1.54, 1.807) is 18.2 Å². The Kier molecular flexibility index (Phi) is 2.95. The molecule has 1 fully saturated rings. The van der Waals surface area contributed by atoms with Crippen LogP contribution in [0.3, 0.4) is 0 Å². The number of carbonyl (C=O) groups is 1. The molecule has 0 spiro atoms. The number of carboxylic acid groups (broad SMARTS) is 1. The van der Waals surface area contributed by atoms with Crippen molar-refractivity contribution in [2.75, 3.05) is 5.75 Å². The number of benzene rings is 1. The van der Waals surface area contributed by atoms with Crippen LogP contribution in [0.15, 0.2) is 35.2 Å². The summed E-state index contributed by atoms with van der Waals surface area (Å²) in [5.74, 6) is -0.968. The van der Waals surface area contributed by atoms with Crippen LogP contribution in [0.1, 0.15) is 19.3 Å². The third-order valence-electron chi connectivity index (χ3n) is 3.26. The molecule has 1 aliphatic rings. The van der Waals surface area contributed by atoms with Gasteiger partial charge >= 0.3 is 5.97 Å². The molecule has 92 valence electrons. The lowest BCUT2D eigenvalue weighted by atomic mass is 10.1. The summed E-state index contributed by atoms with van der Waals surface area (Å²) in [5, 5.41) is 8.98. The zero-order chi connectivity index (χ0) is 12.5. The second-order valence-electron chi connectivity index (χ2n) is 4.47. The SMILES string of the molecule is O=C(O)C1(CCS(=O)(=O)c2ccccc2)CC1. The average molecular weight is 254 g/mol. The lowest BCUT2D eigenvalue weighted by molar-refractivity contribution is -0.143. The molecule has 0 unspecified atom stereocenters. The highest BCUT2D eigenvalue weighted by atomic mass is 32.2. The quantitative estimate of drug-likeness (QED) is 0.868. The Morgan fingerprint density at radius 2 is 1.82 bits per heavy atom. The van der Waals surface area contributed by atoms with Crippen molar-refractivity contribution in [3.63, 3.8) is 0 Å². The molecule has 0 saturated heterocycles. The van der Waals surface area contributed by atoms with Crippen LogP contribution in [0, 0.1) is 5.41 Å². The maximum absolute atomic E-state index is 11.9. The predicted molar refractivity (Wildman–Crippen MR) is 62.4 cm³/mol. The number of sulfone groups is 1. The van der Waals surface area contributed by atoms with Crippen molar-refractivity contribution in [1.82, 2.24) is 0 Å². The normalized spacial score (nSPS) is 17.6. The third-order valence-corrected chi connectivity index (χ3v) is 4.99. The van der Waals surface area contributed by atoms with Crippen LogP contribution in [0.5, 0.6) is 0 Å². The number of carboxylic acids is 1. The summed E-state index contributed by atoms with van der Waals surface area (Å²) in [7, 11) is -3.35. The van der Waals surface area contributed by atoms with Gasteiger partial charge < -0.3 is 5.11 Å². The number of hydrogen-bond donors (Lipinski definition) is 1. The largest absolute Gasteiger partial charge is 0.481 e. The van der Waals surface area contributed by atoms with E-state index in [1.807, 2.05) is 0 Å². The molecule has 2 rings (SSSR count). The van der Waals surface area contributed by atoms with Crippen molar-refractivity contribution in [1.29, 1.82) is 0 Å². The summed E-state index contributed by atoms with van der Waals surface area (Å²) in [6.07, 6.45) is 1.39. The van der Waals surface area contributed by atoms with E-state index >= 15 is 0 Å². The fourth-order valence-corrected chi connectivity index (χ4v) is 3.26. The molecule has 1 aliphatic carbocycles. The van der Waals surface area contributed by atoms with E-state index in [2.05, 4.69) is 0 Å². The van der Waals surface area contributed by atoms with Crippen LogP contribution in [0.25, 0.3) is 0 Å². The Morgan fingerprint density at radius 1 is 1.24 bits per heavy atom. The Bertz CT molecular complexity index is 515. The monoisotopic (exact) mass is 254 g/mol. The number of rotatable bonds is 5. The van der Waals surface area contributed by atoms with E-state index in [-0.39, 0.29) is 17.1 Å². The predicted octanol–water partition coefficient (Wildman–Crippen LogP) is 1.72. The van der Waals surface area contributed by atoms with Crippen molar-refractivity contribution in [2.24, 2.45) is 5.41 Å². The van der Waals surface area contributed by atoms with E-state index in [4.69, 9.17) is 5.11 Å². The van der Waals surface area contributed by atoms with E-state index < -0.39 is 21.2 Å². The highest BCUT2D eigenvalue weighted by molar-refractivity contribution is 7.91. The van der Waals surface area contributed by atoms with Crippen LogP contribution in [0.4, 0.5) is 0 Å². The van der Waals surface area contributed by atoms with Gasteiger partial charge in [0.15, 0.2) is 9.84 Å². The Balaban J connectivity index is 2.07. The van der Waals surface area contributed by atoms with Gasteiger partial charge in [-0.05, 0) is 31.4 Å². The first-order valence-electron chi connectivity index (χ1n) is 5.48. The molecule has 0 amide bonds. The fourth-order valence-electron chi connectivity index (χ4n) is 1.80. The molecule has 0 aromatic heterocycles. The summed E-state index contributed by atoms with van der Waals surface area (Å²) in [6.45, 7) is 0. The van der Waals surface area contributed by atoms with Gasteiger partial charge in [-0.25, -0.2) is 8.42 Å². The summed E-state index contributed by atoms with van der Waals surface area (Å²) in [6, 6.07) is 8.15. The van der Waals surface area contributed by atoms with E-state index in [0.29, 0.717) is 12.8 Å². The minimum absolute atomic E-state index is 0.0939. The standard InChI is InChI=1S/C12H14O4S/c13-11(14)12(6-7-12)8-9-17(15,16)10-4-2-1-3-5-10/h1-5H,6-9H2,(H,13,14). The summed E-state index contributed by atoms with van der Waals surface area (Å²) in [5.41, 5.74) is -0.776. The molecular formula is C12H14O4S. The summed E-state index contributed by atoms with van der Waals surface area (Å²) >= 11 is 0. The van der Waals surface area contributed by atoms with Crippen LogP contribution in [-0.4, -0.2) is 25.2 Å². The highest BCUT2D eigenvalue weighted by Crippen LogP contribution is 2.49.